The van der Waals surface area contributed by atoms with E-state index in [1.807, 2.05) is 0 Å². The minimum absolute atomic E-state index is 0.296. The van der Waals surface area contributed by atoms with Crippen LogP contribution >= 0.6 is 0 Å². The summed E-state index contributed by atoms with van der Waals surface area (Å²) in [5.41, 5.74) is 0.595. The minimum Gasteiger partial charge on any atom is -0.365 e. The van der Waals surface area contributed by atoms with Crippen molar-refractivity contribution in [2.24, 2.45) is 7.05 Å². The summed E-state index contributed by atoms with van der Waals surface area (Å²) < 4.78 is 1.63. The number of aromatic nitrogens is 2. The molecule has 1 heterocycles. The van der Waals surface area contributed by atoms with E-state index in [4.69, 9.17) is 0 Å². The van der Waals surface area contributed by atoms with Crippen LogP contribution in [0.25, 0.3) is 0 Å². The third-order valence-electron chi connectivity index (χ3n) is 2.96. The van der Waals surface area contributed by atoms with Gasteiger partial charge in [-0.05, 0) is 6.07 Å². The highest BCUT2D eigenvalue weighted by Crippen LogP contribution is 2.31. The summed E-state index contributed by atoms with van der Waals surface area (Å²) in [6.07, 6.45) is 3.46. The summed E-state index contributed by atoms with van der Waals surface area (Å²) in [7, 11) is 3.46. The first-order valence-electron chi connectivity index (χ1n) is 6.00. The van der Waals surface area contributed by atoms with E-state index >= 15 is 0 Å². The molecule has 0 fully saturated rings. The standard InChI is InChI=1S/C12H13N5O4/c1-14(7-9-6-13-15(2)8-9)11-4-3-10(16(18)19)5-12(11)17(20)21/h3-6,8H,7H2,1-2H3. The predicted octanol–water partition coefficient (Wildman–Crippen LogP) is 1.87. The Morgan fingerprint density at radius 3 is 2.52 bits per heavy atom. The number of anilines is 1. The number of hydrogen-bond acceptors (Lipinski definition) is 6. The van der Waals surface area contributed by atoms with E-state index in [0.717, 1.165) is 11.6 Å². The highest BCUT2D eigenvalue weighted by Gasteiger charge is 2.22. The lowest BCUT2D eigenvalue weighted by Crippen LogP contribution is -2.17. The van der Waals surface area contributed by atoms with Crippen LogP contribution in [0.2, 0.25) is 0 Å². The van der Waals surface area contributed by atoms with Crippen molar-refractivity contribution in [1.29, 1.82) is 0 Å². The molecule has 1 aromatic carbocycles. The van der Waals surface area contributed by atoms with Crippen molar-refractivity contribution < 1.29 is 9.85 Å². The fraction of sp³-hybridized carbons (Fsp3) is 0.250. The quantitative estimate of drug-likeness (QED) is 0.614. The maximum absolute atomic E-state index is 11.1. The molecule has 0 amide bonds. The molecular formula is C12H13N5O4. The van der Waals surface area contributed by atoms with E-state index in [1.54, 1.807) is 36.1 Å². The van der Waals surface area contributed by atoms with Crippen molar-refractivity contribution in [2.45, 2.75) is 6.54 Å². The highest BCUT2D eigenvalue weighted by molar-refractivity contribution is 5.66. The van der Waals surface area contributed by atoms with Gasteiger partial charge in [0, 0.05) is 38.5 Å². The van der Waals surface area contributed by atoms with Gasteiger partial charge in [-0.3, -0.25) is 24.9 Å². The zero-order valence-corrected chi connectivity index (χ0v) is 11.5. The zero-order chi connectivity index (χ0) is 15.6. The Labute approximate surface area is 119 Å². The lowest BCUT2D eigenvalue weighted by Gasteiger charge is -2.18. The van der Waals surface area contributed by atoms with Gasteiger partial charge in [0.15, 0.2) is 0 Å². The van der Waals surface area contributed by atoms with Crippen LogP contribution in [0.4, 0.5) is 17.1 Å². The molecule has 0 aliphatic rings. The van der Waals surface area contributed by atoms with Crippen LogP contribution in [0, 0.1) is 20.2 Å². The number of hydrogen-bond donors (Lipinski definition) is 0. The fourth-order valence-electron chi connectivity index (χ4n) is 2.01. The van der Waals surface area contributed by atoms with Gasteiger partial charge >= 0.3 is 0 Å². The molecule has 0 atom stereocenters. The van der Waals surface area contributed by atoms with Crippen LogP contribution in [-0.2, 0) is 13.6 Å². The van der Waals surface area contributed by atoms with Gasteiger partial charge in [-0.2, -0.15) is 5.10 Å². The topological polar surface area (TPSA) is 107 Å². The molecule has 2 rings (SSSR count). The lowest BCUT2D eigenvalue weighted by molar-refractivity contribution is -0.393. The van der Waals surface area contributed by atoms with Gasteiger partial charge in [-0.1, -0.05) is 0 Å². The van der Waals surface area contributed by atoms with Gasteiger partial charge in [0.2, 0.25) is 0 Å². The summed E-state index contributed by atoms with van der Waals surface area (Å²) >= 11 is 0. The molecule has 0 unspecified atom stereocenters. The number of non-ortho nitro benzene ring substituents is 1. The summed E-state index contributed by atoms with van der Waals surface area (Å²) in [6, 6.07) is 3.60. The zero-order valence-electron chi connectivity index (χ0n) is 11.5. The van der Waals surface area contributed by atoms with Crippen LogP contribution in [0.3, 0.4) is 0 Å². The number of benzene rings is 1. The van der Waals surface area contributed by atoms with E-state index in [1.165, 1.54) is 12.1 Å². The highest BCUT2D eigenvalue weighted by atomic mass is 16.6. The van der Waals surface area contributed by atoms with E-state index in [0.29, 0.717) is 12.2 Å². The summed E-state index contributed by atoms with van der Waals surface area (Å²) in [6.45, 7) is 0.409. The van der Waals surface area contributed by atoms with Gasteiger partial charge in [-0.15, -0.1) is 0 Å². The SMILES string of the molecule is CN(Cc1cnn(C)c1)c1ccc([N+](=O)[O-])cc1[N+](=O)[O-]. The van der Waals surface area contributed by atoms with E-state index in [-0.39, 0.29) is 11.4 Å². The monoisotopic (exact) mass is 291 g/mol. The predicted molar refractivity (Wildman–Crippen MR) is 75.1 cm³/mol. The molecule has 0 saturated heterocycles. The summed E-state index contributed by atoms with van der Waals surface area (Å²) in [4.78, 5) is 22.2. The molecule has 0 radical (unpaired) electrons. The molecule has 21 heavy (non-hydrogen) atoms. The van der Waals surface area contributed by atoms with E-state index < -0.39 is 9.85 Å². The van der Waals surface area contributed by atoms with Gasteiger partial charge in [0.25, 0.3) is 11.4 Å². The third-order valence-corrected chi connectivity index (χ3v) is 2.96. The Hall–Kier alpha value is -2.97. The summed E-state index contributed by atoms with van der Waals surface area (Å²) in [5, 5.41) is 25.8. The number of nitro groups is 2. The molecule has 0 spiro atoms. The summed E-state index contributed by atoms with van der Waals surface area (Å²) in [5.74, 6) is 0. The Morgan fingerprint density at radius 2 is 2.00 bits per heavy atom. The second kappa shape index (κ2) is 5.57. The smallest absolute Gasteiger partial charge is 0.299 e. The van der Waals surface area contributed by atoms with E-state index in [2.05, 4.69) is 5.10 Å². The number of nitro benzene ring substituents is 2. The number of aryl methyl sites for hydroxylation is 1. The molecule has 0 N–H and O–H groups in total. The van der Waals surface area contributed by atoms with Crippen LogP contribution in [0.5, 0.6) is 0 Å². The average molecular weight is 291 g/mol. The molecule has 0 aliphatic carbocycles. The second-order valence-electron chi connectivity index (χ2n) is 4.57. The molecule has 2 aromatic rings. The number of rotatable bonds is 5. The van der Waals surface area contributed by atoms with E-state index in [9.17, 15) is 20.2 Å². The molecule has 0 aliphatic heterocycles. The van der Waals surface area contributed by atoms with Gasteiger partial charge in [0.1, 0.15) is 5.69 Å². The first-order chi connectivity index (χ1) is 9.88. The van der Waals surface area contributed by atoms with Crippen molar-refractivity contribution in [2.75, 3.05) is 11.9 Å². The first-order valence-corrected chi connectivity index (χ1v) is 6.00. The van der Waals surface area contributed by atoms with Crippen LogP contribution < -0.4 is 4.90 Å². The minimum atomic E-state index is -0.655. The maximum atomic E-state index is 11.1. The molecule has 9 nitrogen and oxygen atoms in total. The molecule has 110 valence electrons. The average Bonchev–Trinajstić information content (AvgIpc) is 2.83. The second-order valence-corrected chi connectivity index (χ2v) is 4.57. The molecule has 1 aromatic heterocycles. The Balaban J connectivity index is 2.33. The van der Waals surface area contributed by atoms with Crippen LogP contribution in [0.15, 0.2) is 30.6 Å². The van der Waals surface area contributed by atoms with Crippen LogP contribution in [-0.4, -0.2) is 26.7 Å². The van der Waals surface area contributed by atoms with Crippen molar-refractivity contribution in [1.82, 2.24) is 9.78 Å². The third kappa shape index (κ3) is 3.14. The normalized spacial score (nSPS) is 10.4. The molecular weight excluding hydrogens is 278 g/mol. The Bertz CT molecular complexity index is 697. The Kier molecular flexibility index (Phi) is 3.83. The van der Waals surface area contributed by atoms with Crippen molar-refractivity contribution in [3.63, 3.8) is 0 Å². The van der Waals surface area contributed by atoms with Gasteiger partial charge < -0.3 is 4.90 Å². The number of nitrogens with zero attached hydrogens (tertiary/aromatic N) is 5. The van der Waals surface area contributed by atoms with Crippen LogP contribution in [0.1, 0.15) is 5.56 Å². The van der Waals surface area contributed by atoms with Crippen molar-refractivity contribution >= 4 is 17.1 Å². The van der Waals surface area contributed by atoms with Crippen molar-refractivity contribution in [3.05, 3.63) is 56.4 Å². The van der Waals surface area contributed by atoms with Gasteiger partial charge in [0.05, 0.1) is 22.1 Å². The first kappa shape index (κ1) is 14.4. The Morgan fingerprint density at radius 1 is 1.29 bits per heavy atom. The van der Waals surface area contributed by atoms with Crippen molar-refractivity contribution in [3.8, 4) is 0 Å². The maximum Gasteiger partial charge on any atom is 0.299 e. The largest absolute Gasteiger partial charge is 0.365 e. The molecule has 9 heteroatoms. The van der Waals surface area contributed by atoms with Gasteiger partial charge in [-0.25, -0.2) is 0 Å². The molecule has 0 saturated carbocycles. The fourth-order valence-corrected chi connectivity index (χ4v) is 2.01. The molecule has 0 bridgehead atoms. The lowest BCUT2D eigenvalue weighted by atomic mass is 10.2.